The molecule has 2 unspecified atom stereocenters. The van der Waals surface area contributed by atoms with E-state index in [4.69, 9.17) is 0 Å². The Morgan fingerprint density at radius 1 is 0.710 bits per heavy atom. The second-order valence-corrected chi connectivity index (χ2v) is 9.49. The van der Waals surface area contributed by atoms with Crippen LogP contribution in [0.2, 0.25) is 0 Å². The van der Waals surface area contributed by atoms with E-state index in [0.29, 0.717) is 12.0 Å². The summed E-state index contributed by atoms with van der Waals surface area (Å²) in [6, 6.07) is 11.7. The van der Waals surface area contributed by atoms with Gasteiger partial charge in [-0.1, -0.05) is 128 Å². The summed E-state index contributed by atoms with van der Waals surface area (Å²) in [5, 5.41) is 0. The molecule has 0 spiro atoms. The molecular formula is C29H48N2. The second-order valence-electron chi connectivity index (χ2n) is 9.49. The van der Waals surface area contributed by atoms with Crippen LogP contribution in [0.4, 0.5) is 0 Å². The normalized spacial score (nSPS) is 13.4. The van der Waals surface area contributed by atoms with Crippen molar-refractivity contribution in [3.05, 3.63) is 54.6 Å². The lowest BCUT2D eigenvalue weighted by Crippen LogP contribution is -2.21. The first-order valence-electron chi connectivity index (χ1n) is 13.4. The molecule has 0 saturated carbocycles. The van der Waals surface area contributed by atoms with Gasteiger partial charge in [0.1, 0.15) is 0 Å². The SMILES string of the molecule is CCCCCCCCCCCC(C(CCCCCC)Cc1ccccc1)n1ccnc1. The van der Waals surface area contributed by atoms with Crippen LogP contribution in [0.5, 0.6) is 0 Å². The fraction of sp³-hybridized carbons (Fsp3) is 0.690. The highest BCUT2D eigenvalue weighted by molar-refractivity contribution is 5.15. The minimum Gasteiger partial charge on any atom is -0.334 e. The highest BCUT2D eigenvalue weighted by atomic mass is 15.1. The Bertz CT molecular complexity index is 619. The Kier molecular flexibility index (Phi) is 14.1. The zero-order valence-corrected chi connectivity index (χ0v) is 20.5. The molecule has 174 valence electrons. The van der Waals surface area contributed by atoms with Gasteiger partial charge in [-0.2, -0.15) is 0 Å². The maximum absolute atomic E-state index is 4.40. The van der Waals surface area contributed by atoms with Crippen LogP contribution in [0.25, 0.3) is 0 Å². The van der Waals surface area contributed by atoms with E-state index in [1.54, 1.807) is 0 Å². The smallest absolute Gasteiger partial charge is 0.0948 e. The summed E-state index contributed by atoms with van der Waals surface area (Å²) in [5.41, 5.74) is 1.49. The van der Waals surface area contributed by atoms with Crippen molar-refractivity contribution in [3.63, 3.8) is 0 Å². The van der Waals surface area contributed by atoms with Crippen molar-refractivity contribution < 1.29 is 0 Å². The molecule has 0 fully saturated rings. The van der Waals surface area contributed by atoms with Gasteiger partial charge in [0.05, 0.1) is 6.33 Å². The fourth-order valence-corrected chi connectivity index (χ4v) is 4.94. The van der Waals surface area contributed by atoms with Gasteiger partial charge in [-0.05, 0) is 30.7 Å². The van der Waals surface area contributed by atoms with Gasteiger partial charge in [0.2, 0.25) is 0 Å². The molecule has 0 radical (unpaired) electrons. The molecule has 2 heteroatoms. The average Bonchev–Trinajstić information content (AvgIpc) is 3.33. The summed E-state index contributed by atoms with van der Waals surface area (Å²) >= 11 is 0. The summed E-state index contributed by atoms with van der Waals surface area (Å²) in [6.07, 6.45) is 28.0. The van der Waals surface area contributed by atoms with Crippen molar-refractivity contribution in [1.82, 2.24) is 9.55 Å². The van der Waals surface area contributed by atoms with Crippen LogP contribution in [0.15, 0.2) is 49.1 Å². The highest BCUT2D eigenvalue weighted by Gasteiger charge is 2.22. The molecule has 1 aromatic heterocycles. The minimum absolute atomic E-state index is 0.578. The topological polar surface area (TPSA) is 17.8 Å². The van der Waals surface area contributed by atoms with Crippen molar-refractivity contribution in [2.24, 2.45) is 5.92 Å². The maximum atomic E-state index is 4.40. The van der Waals surface area contributed by atoms with Gasteiger partial charge in [0.15, 0.2) is 0 Å². The molecule has 1 aromatic carbocycles. The van der Waals surface area contributed by atoms with E-state index in [1.165, 1.54) is 108 Å². The Balaban J connectivity index is 1.88. The first-order valence-corrected chi connectivity index (χ1v) is 13.4. The zero-order chi connectivity index (χ0) is 22.0. The molecule has 31 heavy (non-hydrogen) atoms. The molecule has 0 aliphatic rings. The predicted octanol–water partition coefficient (Wildman–Crippen LogP) is 9.17. The summed E-state index contributed by atoms with van der Waals surface area (Å²) in [7, 11) is 0. The largest absolute Gasteiger partial charge is 0.334 e. The first-order chi connectivity index (χ1) is 15.3. The number of benzene rings is 1. The van der Waals surface area contributed by atoms with Crippen molar-refractivity contribution in [2.75, 3.05) is 0 Å². The van der Waals surface area contributed by atoms with Crippen LogP contribution in [0, 0.1) is 5.92 Å². The monoisotopic (exact) mass is 424 g/mol. The van der Waals surface area contributed by atoms with E-state index in [9.17, 15) is 0 Å². The maximum Gasteiger partial charge on any atom is 0.0948 e. The fourth-order valence-electron chi connectivity index (χ4n) is 4.94. The van der Waals surface area contributed by atoms with Gasteiger partial charge in [-0.25, -0.2) is 4.98 Å². The molecule has 1 heterocycles. The average molecular weight is 425 g/mol. The summed E-state index contributed by atoms with van der Waals surface area (Å²) in [6.45, 7) is 4.60. The van der Waals surface area contributed by atoms with Gasteiger partial charge < -0.3 is 4.57 Å². The number of unbranched alkanes of at least 4 members (excludes halogenated alkanes) is 11. The Labute approximate surface area is 192 Å². The van der Waals surface area contributed by atoms with Crippen molar-refractivity contribution >= 4 is 0 Å². The van der Waals surface area contributed by atoms with E-state index in [-0.39, 0.29) is 0 Å². The molecule has 0 N–H and O–H groups in total. The molecular weight excluding hydrogens is 376 g/mol. The molecule has 0 aliphatic heterocycles. The van der Waals surface area contributed by atoms with Crippen molar-refractivity contribution in [2.45, 2.75) is 123 Å². The summed E-state index contributed by atoms with van der Waals surface area (Å²) in [4.78, 5) is 4.40. The lowest BCUT2D eigenvalue weighted by molar-refractivity contribution is 0.275. The van der Waals surface area contributed by atoms with Gasteiger partial charge in [-0.3, -0.25) is 0 Å². The molecule has 2 aromatic rings. The lowest BCUT2D eigenvalue weighted by Gasteiger charge is -2.29. The molecule has 2 nitrogen and oxygen atoms in total. The number of aromatic nitrogens is 2. The van der Waals surface area contributed by atoms with Crippen LogP contribution in [0.3, 0.4) is 0 Å². The van der Waals surface area contributed by atoms with Gasteiger partial charge in [-0.15, -0.1) is 0 Å². The first kappa shape index (κ1) is 25.7. The molecule has 2 atom stereocenters. The van der Waals surface area contributed by atoms with E-state index < -0.39 is 0 Å². The van der Waals surface area contributed by atoms with Crippen LogP contribution < -0.4 is 0 Å². The van der Waals surface area contributed by atoms with Gasteiger partial charge in [0, 0.05) is 18.4 Å². The van der Waals surface area contributed by atoms with Gasteiger partial charge in [0.25, 0.3) is 0 Å². The highest BCUT2D eigenvalue weighted by Crippen LogP contribution is 2.32. The van der Waals surface area contributed by atoms with E-state index in [1.807, 2.05) is 6.20 Å². The predicted molar refractivity (Wildman–Crippen MR) is 136 cm³/mol. The lowest BCUT2D eigenvalue weighted by atomic mass is 9.84. The standard InChI is InChI=1S/C29H48N2/c1-3-5-7-9-10-11-12-13-18-22-29(31-24-23-30-26-31)28(21-17-8-6-4-2)25-27-19-15-14-16-20-27/h14-16,19-20,23-24,26,28-29H,3-13,17-18,21-22,25H2,1-2H3. The zero-order valence-electron chi connectivity index (χ0n) is 20.5. The third kappa shape index (κ3) is 11.0. The van der Waals surface area contributed by atoms with E-state index >= 15 is 0 Å². The molecule has 0 saturated heterocycles. The summed E-state index contributed by atoms with van der Waals surface area (Å²) in [5.74, 6) is 0.697. The van der Waals surface area contributed by atoms with Crippen LogP contribution in [0.1, 0.15) is 122 Å². The number of rotatable bonds is 19. The quantitative estimate of drug-likeness (QED) is 0.205. The van der Waals surface area contributed by atoms with Gasteiger partial charge >= 0.3 is 0 Å². The number of hydrogen-bond acceptors (Lipinski definition) is 1. The molecule has 0 amide bonds. The Morgan fingerprint density at radius 3 is 1.90 bits per heavy atom. The molecule has 0 aliphatic carbocycles. The number of hydrogen-bond donors (Lipinski definition) is 0. The van der Waals surface area contributed by atoms with Crippen LogP contribution in [-0.2, 0) is 6.42 Å². The number of imidazole rings is 1. The minimum atomic E-state index is 0.578. The Hall–Kier alpha value is -1.57. The van der Waals surface area contributed by atoms with E-state index in [2.05, 4.69) is 66.3 Å². The van der Waals surface area contributed by atoms with E-state index in [0.717, 1.165) is 0 Å². The molecule has 0 bridgehead atoms. The Morgan fingerprint density at radius 2 is 1.29 bits per heavy atom. The third-order valence-corrected chi connectivity index (χ3v) is 6.82. The van der Waals surface area contributed by atoms with Crippen molar-refractivity contribution in [1.29, 1.82) is 0 Å². The van der Waals surface area contributed by atoms with Crippen LogP contribution >= 0.6 is 0 Å². The second kappa shape index (κ2) is 17.0. The molecule has 2 rings (SSSR count). The third-order valence-electron chi connectivity index (χ3n) is 6.82. The number of nitrogens with zero attached hydrogens (tertiary/aromatic N) is 2. The summed E-state index contributed by atoms with van der Waals surface area (Å²) < 4.78 is 2.41. The van der Waals surface area contributed by atoms with Crippen molar-refractivity contribution in [3.8, 4) is 0 Å². The van der Waals surface area contributed by atoms with Crippen LogP contribution in [-0.4, -0.2) is 9.55 Å².